The predicted molar refractivity (Wildman–Crippen MR) is 128 cm³/mol. The van der Waals surface area contributed by atoms with Gasteiger partial charge >= 0.3 is 0 Å². The molecule has 3 aromatic rings. The molecular formula is C22H29Cl2N3O2S. The van der Waals surface area contributed by atoms with Gasteiger partial charge in [-0.3, -0.25) is 4.98 Å². The fourth-order valence-corrected chi connectivity index (χ4v) is 4.42. The van der Waals surface area contributed by atoms with E-state index in [0.717, 1.165) is 36.6 Å². The van der Waals surface area contributed by atoms with E-state index in [1.54, 1.807) is 30.6 Å². The van der Waals surface area contributed by atoms with E-state index in [4.69, 9.17) is 0 Å². The normalized spacial score (nSPS) is 12.0. The Kier molecular flexibility index (Phi) is 11.3. The first-order valence-electron chi connectivity index (χ1n) is 9.65. The summed E-state index contributed by atoms with van der Waals surface area (Å²) in [5.74, 6) is 0. The molecule has 0 spiro atoms. The van der Waals surface area contributed by atoms with Gasteiger partial charge in [0.15, 0.2) is 0 Å². The molecule has 8 heteroatoms. The average Bonchev–Trinajstić information content (AvgIpc) is 2.70. The van der Waals surface area contributed by atoms with E-state index >= 15 is 0 Å². The van der Waals surface area contributed by atoms with Crippen molar-refractivity contribution in [1.29, 1.82) is 0 Å². The highest BCUT2D eigenvalue weighted by atomic mass is 35.5. The first kappa shape index (κ1) is 26.3. The lowest BCUT2D eigenvalue weighted by Gasteiger charge is -2.15. The lowest BCUT2D eigenvalue weighted by molar-refractivity contribution is 0.528. The van der Waals surface area contributed by atoms with Crippen molar-refractivity contribution in [2.24, 2.45) is 0 Å². The molecular weight excluding hydrogens is 441 g/mol. The number of hydrogen-bond acceptors (Lipinski definition) is 4. The number of fused-ring (bicyclic) bond motifs is 1. The summed E-state index contributed by atoms with van der Waals surface area (Å²) in [4.78, 5) is 4.33. The molecule has 0 amide bonds. The van der Waals surface area contributed by atoms with Crippen LogP contribution in [0.2, 0.25) is 0 Å². The van der Waals surface area contributed by atoms with E-state index in [-0.39, 0.29) is 35.8 Å². The summed E-state index contributed by atoms with van der Waals surface area (Å²) < 4.78 is 28.0. The first-order chi connectivity index (χ1) is 13.5. The summed E-state index contributed by atoms with van der Waals surface area (Å²) in [5, 5.41) is 5.13. The number of unbranched alkanes of at least 4 members (excludes halogenated alkanes) is 1. The van der Waals surface area contributed by atoms with E-state index < -0.39 is 10.0 Å². The van der Waals surface area contributed by atoms with Crippen LogP contribution in [0.4, 0.5) is 0 Å². The Bertz CT molecular complexity index is 1000. The summed E-state index contributed by atoms with van der Waals surface area (Å²) in [6, 6.07) is 17.2. The highest BCUT2D eigenvalue weighted by Gasteiger charge is 2.17. The molecule has 1 heterocycles. The lowest BCUT2D eigenvalue weighted by Crippen LogP contribution is -2.40. The molecule has 0 fully saturated rings. The number of aryl methyl sites for hydroxylation is 1. The Hall–Kier alpha value is -1.70. The Balaban J connectivity index is 0.00000225. The number of pyridine rings is 1. The maximum Gasteiger partial charge on any atom is 0.240 e. The third-order valence-electron chi connectivity index (χ3n) is 4.64. The molecule has 0 aliphatic rings. The maximum absolute atomic E-state index is 12.6. The van der Waals surface area contributed by atoms with Gasteiger partial charge in [0.2, 0.25) is 10.0 Å². The molecule has 3 rings (SSSR count). The minimum absolute atomic E-state index is 0. The van der Waals surface area contributed by atoms with E-state index in [2.05, 4.69) is 39.3 Å². The van der Waals surface area contributed by atoms with Gasteiger partial charge in [-0.25, -0.2) is 13.1 Å². The highest BCUT2D eigenvalue weighted by Crippen LogP contribution is 2.18. The number of benzene rings is 2. The zero-order chi connectivity index (χ0) is 19.8. The predicted octanol–water partition coefficient (Wildman–Crippen LogP) is 4.36. The van der Waals surface area contributed by atoms with Gasteiger partial charge in [-0.1, -0.05) is 36.4 Å². The number of rotatable bonds is 10. The van der Waals surface area contributed by atoms with Crippen molar-refractivity contribution in [1.82, 2.24) is 15.0 Å². The van der Waals surface area contributed by atoms with Gasteiger partial charge < -0.3 is 5.32 Å². The smallest absolute Gasteiger partial charge is 0.240 e. The van der Waals surface area contributed by atoms with Crippen LogP contribution < -0.4 is 10.0 Å². The van der Waals surface area contributed by atoms with Crippen LogP contribution in [0.25, 0.3) is 10.8 Å². The van der Waals surface area contributed by atoms with Crippen LogP contribution in [-0.4, -0.2) is 32.5 Å². The average molecular weight is 470 g/mol. The lowest BCUT2D eigenvalue weighted by atomic mass is 10.1. The van der Waals surface area contributed by atoms with Gasteiger partial charge in [-0.05, 0) is 61.9 Å². The fraction of sp³-hybridized carbons (Fsp3) is 0.318. The van der Waals surface area contributed by atoms with Crippen molar-refractivity contribution in [3.05, 3.63) is 72.6 Å². The van der Waals surface area contributed by atoms with Crippen LogP contribution in [0, 0.1) is 0 Å². The molecule has 1 aromatic heterocycles. The van der Waals surface area contributed by atoms with E-state index in [0.29, 0.717) is 6.54 Å². The molecule has 5 nitrogen and oxygen atoms in total. The topological polar surface area (TPSA) is 71.1 Å². The van der Waals surface area contributed by atoms with Crippen molar-refractivity contribution < 1.29 is 8.42 Å². The molecule has 1 atom stereocenters. The third kappa shape index (κ3) is 7.85. The number of hydrogen-bond donors (Lipinski definition) is 2. The van der Waals surface area contributed by atoms with Crippen LogP contribution in [0.15, 0.2) is 71.9 Å². The fourth-order valence-electron chi connectivity index (χ4n) is 3.15. The number of sulfonamides is 1. The molecule has 0 bridgehead atoms. The van der Waals surface area contributed by atoms with Crippen LogP contribution >= 0.6 is 24.8 Å². The largest absolute Gasteiger partial charge is 0.315 e. The van der Waals surface area contributed by atoms with Crippen molar-refractivity contribution in [2.75, 3.05) is 13.1 Å². The first-order valence-corrected chi connectivity index (χ1v) is 11.1. The van der Waals surface area contributed by atoms with Gasteiger partial charge in [0.05, 0.1) is 4.90 Å². The van der Waals surface area contributed by atoms with Crippen molar-refractivity contribution >= 4 is 45.6 Å². The van der Waals surface area contributed by atoms with Crippen molar-refractivity contribution in [3.8, 4) is 0 Å². The number of nitrogens with zero attached hydrogens (tertiary/aromatic N) is 1. The zero-order valence-electron chi connectivity index (χ0n) is 17.0. The van der Waals surface area contributed by atoms with Crippen LogP contribution in [0.1, 0.15) is 25.3 Å². The molecule has 0 radical (unpaired) electrons. The molecule has 0 saturated carbocycles. The summed E-state index contributed by atoms with van der Waals surface area (Å²) >= 11 is 0. The SMILES string of the molecule is C[C@H](CNCCCCc1ccccc1)NS(=O)(=O)c1ccc2cnccc2c1.Cl.Cl. The monoisotopic (exact) mass is 469 g/mol. The molecule has 2 N–H and O–H groups in total. The molecule has 0 unspecified atom stereocenters. The molecule has 2 aromatic carbocycles. The highest BCUT2D eigenvalue weighted by molar-refractivity contribution is 7.89. The minimum Gasteiger partial charge on any atom is -0.315 e. The Morgan fingerprint density at radius 3 is 2.50 bits per heavy atom. The molecule has 0 aliphatic carbocycles. The Morgan fingerprint density at radius 1 is 0.967 bits per heavy atom. The second-order valence-corrected chi connectivity index (χ2v) is 8.77. The second-order valence-electron chi connectivity index (χ2n) is 7.05. The third-order valence-corrected chi connectivity index (χ3v) is 6.23. The van der Waals surface area contributed by atoms with Crippen LogP contribution in [0.5, 0.6) is 0 Å². The van der Waals surface area contributed by atoms with Gasteiger partial charge in [0.1, 0.15) is 0 Å². The van der Waals surface area contributed by atoms with E-state index in [9.17, 15) is 8.42 Å². The Labute approximate surface area is 191 Å². The van der Waals surface area contributed by atoms with Crippen molar-refractivity contribution in [3.63, 3.8) is 0 Å². The van der Waals surface area contributed by atoms with Gasteiger partial charge in [0.25, 0.3) is 0 Å². The van der Waals surface area contributed by atoms with Gasteiger partial charge in [0, 0.05) is 30.4 Å². The number of aromatic nitrogens is 1. The van der Waals surface area contributed by atoms with E-state index in [1.165, 1.54) is 5.56 Å². The number of halogens is 2. The van der Waals surface area contributed by atoms with Gasteiger partial charge in [-0.15, -0.1) is 24.8 Å². The summed E-state index contributed by atoms with van der Waals surface area (Å²) in [7, 11) is -3.54. The molecule has 0 saturated heterocycles. The second kappa shape index (κ2) is 12.9. The Morgan fingerprint density at radius 2 is 1.73 bits per heavy atom. The number of nitrogens with one attached hydrogen (secondary N) is 2. The zero-order valence-corrected chi connectivity index (χ0v) is 19.4. The standard InChI is InChI=1S/C22H27N3O2S.2ClH/c1-18(16-23-13-6-5-9-19-7-3-2-4-8-19)25-28(26,27)22-11-10-21-17-24-14-12-20(21)15-22;;/h2-4,7-8,10-12,14-15,17-18,23,25H,5-6,9,13,16H2,1H3;2*1H/t18-;;/m1../s1. The molecule has 30 heavy (non-hydrogen) atoms. The van der Waals surface area contributed by atoms with E-state index in [1.807, 2.05) is 19.1 Å². The maximum atomic E-state index is 12.6. The minimum atomic E-state index is -3.54. The summed E-state index contributed by atoms with van der Waals surface area (Å²) in [6.07, 6.45) is 6.64. The molecule has 164 valence electrons. The quantitative estimate of drug-likeness (QED) is 0.432. The molecule has 0 aliphatic heterocycles. The summed E-state index contributed by atoms with van der Waals surface area (Å²) in [6.45, 7) is 3.35. The van der Waals surface area contributed by atoms with Crippen LogP contribution in [0.3, 0.4) is 0 Å². The van der Waals surface area contributed by atoms with Gasteiger partial charge in [-0.2, -0.15) is 0 Å². The van der Waals surface area contributed by atoms with Crippen LogP contribution in [-0.2, 0) is 16.4 Å². The summed E-state index contributed by atoms with van der Waals surface area (Å²) in [5.41, 5.74) is 1.36. The van der Waals surface area contributed by atoms with Crippen molar-refractivity contribution in [2.45, 2.75) is 37.1 Å².